The van der Waals surface area contributed by atoms with E-state index in [1.807, 2.05) is 0 Å². The second-order valence-electron chi connectivity index (χ2n) is 14.8. The minimum atomic E-state index is -0.354. The molecule has 0 amide bonds. The fourth-order valence-corrected chi connectivity index (χ4v) is 8.61. The van der Waals surface area contributed by atoms with Crippen LogP contribution in [0.3, 0.4) is 0 Å². The van der Waals surface area contributed by atoms with Crippen LogP contribution in [0.5, 0.6) is 0 Å². The van der Waals surface area contributed by atoms with Gasteiger partial charge in [0.15, 0.2) is 11.5 Å². The number of ketones is 1. The maximum absolute atomic E-state index is 11.4. The Morgan fingerprint density at radius 2 is 1.21 bits per heavy atom. The first kappa shape index (κ1) is 33.9. The van der Waals surface area contributed by atoms with Gasteiger partial charge in [-0.25, -0.2) is 0 Å². The molecule has 4 rings (SSSR count). The van der Waals surface area contributed by atoms with Crippen molar-refractivity contribution in [3.8, 4) is 0 Å². The first-order chi connectivity index (χ1) is 20.1. The molecule has 1 saturated heterocycles. The summed E-state index contributed by atoms with van der Waals surface area (Å²) in [6.45, 7) is 16.1. The van der Waals surface area contributed by atoms with Crippen LogP contribution in [0.15, 0.2) is 12.3 Å². The Labute approximate surface area is 256 Å². The SMILES string of the molecule is C=C(OCCCCCCOC1CCC(C2NC(C3CCC(C)CC3C)NC(C3CCC(C)CC3C)N2)C(O)C1)C(C)=O. The van der Waals surface area contributed by atoms with Crippen molar-refractivity contribution in [1.82, 2.24) is 16.0 Å². The van der Waals surface area contributed by atoms with Gasteiger partial charge in [-0.15, -0.1) is 0 Å². The van der Waals surface area contributed by atoms with Crippen molar-refractivity contribution in [2.45, 2.75) is 149 Å². The normalized spacial score (nSPS) is 41.3. The first-order valence-electron chi connectivity index (χ1n) is 17.5. The first-order valence-corrected chi connectivity index (χ1v) is 17.5. The van der Waals surface area contributed by atoms with E-state index in [4.69, 9.17) is 9.47 Å². The Kier molecular flexibility index (Phi) is 13.2. The Balaban J connectivity index is 1.26. The number of hydrogen-bond acceptors (Lipinski definition) is 7. The van der Waals surface area contributed by atoms with Gasteiger partial charge in [-0.05, 0) is 99.7 Å². The highest BCUT2D eigenvalue weighted by atomic mass is 16.5. The summed E-state index contributed by atoms with van der Waals surface area (Å²) in [6.07, 6.45) is 15.2. The maximum atomic E-state index is 11.4. The molecule has 11 atom stereocenters. The molecular weight excluding hydrogens is 526 g/mol. The zero-order valence-corrected chi connectivity index (χ0v) is 27.4. The molecule has 3 saturated carbocycles. The van der Waals surface area contributed by atoms with Crippen LogP contribution in [0.4, 0.5) is 0 Å². The van der Waals surface area contributed by atoms with Gasteiger partial charge in [-0.2, -0.15) is 0 Å². The van der Waals surface area contributed by atoms with Crippen LogP contribution in [0.1, 0.15) is 118 Å². The van der Waals surface area contributed by atoms with Gasteiger partial charge in [0.25, 0.3) is 0 Å². The summed E-state index contributed by atoms with van der Waals surface area (Å²) >= 11 is 0. The molecule has 42 heavy (non-hydrogen) atoms. The highest BCUT2D eigenvalue weighted by Crippen LogP contribution is 2.40. The van der Waals surface area contributed by atoms with Crippen LogP contribution in [0.25, 0.3) is 0 Å². The van der Waals surface area contributed by atoms with Crippen LogP contribution in [-0.4, -0.2) is 54.8 Å². The summed E-state index contributed by atoms with van der Waals surface area (Å²) in [5.41, 5.74) is 0. The van der Waals surface area contributed by atoms with Crippen molar-refractivity contribution in [2.75, 3.05) is 13.2 Å². The predicted octanol–water partition coefficient (Wildman–Crippen LogP) is 6.12. The molecule has 0 bridgehead atoms. The number of carbonyl (C=O) groups is 1. The number of aliphatic hydroxyl groups is 1. The molecule has 1 heterocycles. The summed E-state index contributed by atoms with van der Waals surface area (Å²) < 4.78 is 11.6. The monoisotopic (exact) mass is 589 g/mol. The standard InChI is InChI=1S/C35H63N3O4/c1-22-11-14-29(24(3)19-22)33-36-34(30-15-12-23(2)20-25(30)4)38-35(37-33)31-16-13-28(21-32(31)40)42-18-10-8-7-9-17-41-27(6)26(5)39/h22-25,28-38,40H,6-21H2,1-5H3. The smallest absolute Gasteiger partial charge is 0.193 e. The van der Waals surface area contributed by atoms with Gasteiger partial charge in [0, 0.05) is 19.4 Å². The largest absolute Gasteiger partial charge is 0.491 e. The van der Waals surface area contributed by atoms with Gasteiger partial charge in [0.1, 0.15) is 0 Å². The number of ether oxygens (including phenoxy) is 2. The number of allylic oxidation sites excluding steroid dienone is 1. The number of unbranched alkanes of at least 4 members (excludes halogenated alkanes) is 3. The second kappa shape index (κ2) is 16.4. The van der Waals surface area contributed by atoms with E-state index in [-0.39, 0.29) is 35.8 Å². The van der Waals surface area contributed by atoms with Crippen LogP contribution in [-0.2, 0) is 14.3 Å². The summed E-state index contributed by atoms with van der Waals surface area (Å²) in [7, 11) is 0. The summed E-state index contributed by atoms with van der Waals surface area (Å²) in [6, 6.07) is 0. The number of rotatable bonds is 13. The van der Waals surface area contributed by atoms with Crippen molar-refractivity contribution < 1.29 is 19.4 Å². The van der Waals surface area contributed by atoms with Gasteiger partial charge < -0.3 is 14.6 Å². The summed E-state index contributed by atoms with van der Waals surface area (Å²) in [5.74, 6) is 4.72. The molecule has 7 nitrogen and oxygen atoms in total. The molecule has 3 aliphatic carbocycles. The van der Waals surface area contributed by atoms with Gasteiger partial charge >= 0.3 is 0 Å². The molecule has 4 aliphatic rings. The fourth-order valence-electron chi connectivity index (χ4n) is 8.61. The lowest BCUT2D eigenvalue weighted by Crippen LogP contribution is -2.74. The van der Waals surface area contributed by atoms with E-state index in [2.05, 4.69) is 50.2 Å². The molecular formula is C35H63N3O4. The third kappa shape index (κ3) is 9.50. The van der Waals surface area contributed by atoms with E-state index < -0.39 is 0 Å². The highest BCUT2D eigenvalue weighted by Gasteiger charge is 2.45. The number of hydrogen-bond donors (Lipinski definition) is 4. The molecule has 0 aromatic rings. The van der Waals surface area contributed by atoms with Crippen molar-refractivity contribution in [1.29, 1.82) is 0 Å². The van der Waals surface area contributed by atoms with E-state index in [0.717, 1.165) is 63.4 Å². The summed E-state index contributed by atoms with van der Waals surface area (Å²) in [5, 5.41) is 23.5. The molecule has 4 N–H and O–H groups in total. The van der Waals surface area contributed by atoms with Crippen molar-refractivity contribution >= 4 is 5.78 Å². The average Bonchev–Trinajstić information content (AvgIpc) is 2.94. The molecule has 0 spiro atoms. The van der Waals surface area contributed by atoms with Crippen LogP contribution in [0.2, 0.25) is 0 Å². The Morgan fingerprint density at radius 3 is 1.71 bits per heavy atom. The van der Waals surface area contributed by atoms with Gasteiger partial charge in [-0.3, -0.25) is 20.7 Å². The zero-order chi connectivity index (χ0) is 30.2. The number of aliphatic hydroxyl groups excluding tert-OH is 1. The third-order valence-corrected chi connectivity index (χ3v) is 11.2. The average molecular weight is 590 g/mol. The Hall–Kier alpha value is -0.990. The number of Topliss-reactive ketones (excluding diaryl/α,β-unsaturated/α-hetero) is 1. The molecule has 7 heteroatoms. The summed E-state index contributed by atoms with van der Waals surface area (Å²) in [4.78, 5) is 11.2. The quantitative estimate of drug-likeness (QED) is 0.117. The number of carbonyl (C=O) groups excluding carboxylic acids is 1. The van der Waals surface area contributed by atoms with E-state index >= 15 is 0 Å². The van der Waals surface area contributed by atoms with Crippen molar-refractivity contribution in [3.05, 3.63) is 12.3 Å². The maximum Gasteiger partial charge on any atom is 0.193 e. The lowest BCUT2D eigenvalue weighted by molar-refractivity contribution is -0.116. The van der Waals surface area contributed by atoms with Gasteiger partial charge in [0.2, 0.25) is 0 Å². The molecule has 11 unspecified atom stereocenters. The van der Waals surface area contributed by atoms with Crippen LogP contribution < -0.4 is 16.0 Å². The minimum Gasteiger partial charge on any atom is -0.491 e. The van der Waals surface area contributed by atoms with Crippen LogP contribution in [0, 0.1) is 41.4 Å². The Bertz CT molecular complexity index is 820. The molecule has 242 valence electrons. The molecule has 0 radical (unpaired) electrons. The fraction of sp³-hybridized carbons (Fsp3) is 0.914. The van der Waals surface area contributed by atoms with E-state index in [9.17, 15) is 9.90 Å². The lowest BCUT2D eigenvalue weighted by atomic mass is 9.71. The third-order valence-electron chi connectivity index (χ3n) is 11.2. The van der Waals surface area contributed by atoms with Crippen molar-refractivity contribution in [2.24, 2.45) is 41.4 Å². The zero-order valence-electron chi connectivity index (χ0n) is 27.4. The highest BCUT2D eigenvalue weighted by molar-refractivity contribution is 5.90. The van der Waals surface area contributed by atoms with E-state index in [0.29, 0.717) is 42.6 Å². The van der Waals surface area contributed by atoms with Crippen molar-refractivity contribution in [3.63, 3.8) is 0 Å². The predicted molar refractivity (Wildman–Crippen MR) is 169 cm³/mol. The van der Waals surface area contributed by atoms with E-state index in [1.165, 1.54) is 45.4 Å². The van der Waals surface area contributed by atoms with Gasteiger partial charge in [0.05, 0.1) is 37.3 Å². The van der Waals surface area contributed by atoms with Gasteiger partial charge in [-0.1, -0.05) is 53.5 Å². The van der Waals surface area contributed by atoms with Crippen LogP contribution >= 0.6 is 0 Å². The lowest BCUT2D eigenvalue weighted by Gasteiger charge is -2.52. The second-order valence-corrected chi connectivity index (χ2v) is 14.8. The topological polar surface area (TPSA) is 91.8 Å². The van der Waals surface area contributed by atoms with E-state index in [1.54, 1.807) is 0 Å². The molecule has 0 aromatic heterocycles. The molecule has 4 fully saturated rings. The Morgan fingerprint density at radius 1 is 0.714 bits per heavy atom. The minimum absolute atomic E-state index is 0.103. The molecule has 0 aromatic carbocycles. The molecule has 1 aliphatic heterocycles. The number of nitrogens with one attached hydrogen (secondary N) is 3.